The van der Waals surface area contributed by atoms with Gasteiger partial charge in [-0.3, -0.25) is 9.69 Å². The first-order valence-electron chi connectivity index (χ1n) is 16.6. The average molecular weight is 653 g/mol. The summed E-state index contributed by atoms with van der Waals surface area (Å²) in [4.78, 5) is 58.1. The van der Waals surface area contributed by atoms with Crippen LogP contribution in [0.1, 0.15) is 61.4 Å². The number of nitrogens with one attached hydrogen (secondary N) is 3. The van der Waals surface area contributed by atoms with Gasteiger partial charge >= 0.3 is 18.2 Å². The van der Waals surface area contributed by atoms with Crippen molar-refractivity contribution in [2.75, 3.05) is 23.3 Å². The number of ether oxygens (including phenoxy) is 1. The third-order valence-corrected chi connectivity index (χ3v) is 9.15. The molecule has 1 saturated heterocycles. The molecule has 1 fully saturated rings. The zero-order valence-electron chi connectivity index (χ0n) is 28.0. The Balaban J connectivity index is 1.12. The molecule has 6 amide bonds. The maximum Gasteiger partial charge on any atom is 0.415 e. The van der Waals surface area contributed by atoms with Crippen LogP contribution in [0.2, 0.25) is 0 Å². The van der Waals surface area contributed by atoms with Crippen molar-refractivity contribution in [3.8, 4) is 0 Å². The van der Waals surface area contributed by atoms with Gasteiger partial charge in [0.05, 0.1) is 12.2 Å². The number of hydrogen-bond donors (Lipinski definition) is 3. The van der Waals surface area contributed by atoms with E-state index in [0.29, 0.717) is 51.1 Å². The van der Waals surface area contributed by atoms with Gasteiger partial charge in [-0.1, -0.05) is 54.6 Å². The fourth-order valence-corrected chi connectivity index (χ4v) is 6.65. The minimum atomic E-state index is -0.752. The summed E-state index contributed by atoms with van der Waals surface area (Å²) in [5, 5.41) is 8.91. The number of fused-ring (bicyclic) bond motifs is 2. The summed E-state index contributed by atoms with van der Waals surface area (Å²) in [6, 6.07) is 20.4. The zero-order valence-corrected chi connectivity index (χ0v) is 28.0. The molecular formula is C37H44N6O5. The van der Waals surface area contributed by atoms with Crippen LogP contribution in [0.25, 0.3) is 0 Å². The largest absolute Gasteiger partial charge is 0.443 e. The van der Waals surface area contributed by atoms with Gasteiger partial charge in [0.15, 0.2) is 0 Å². The molecule has 3 N–H and O–H groups in total. The number of amides is 6. The molecular weight excluding hydrogens is 608 g/mol. The Labute approximate surface area is 281 Å². The van der Waals surface area contributed by atoms with Crippen molar-refractivity contribution in [2.24, 2.45) is 0 Å². The van der Waals surface area contributed by atoms with Crippen molar-refractivity contribution in [3.63, 3.8) is 0 Å². The fourth-order valence-electron chi connectivity index (χ4n) is 6.65. The molecule has 1 unspecified atom stereocenters. The molecule has 252 valence electrons. The van der Waals surface area contributed by atoms with Gasteiger partial charge in [0.1, 0.15) is 11.6 Å². The number of hydrogen-bond acceptors (Lipinski definition) is 5. The van der Waals surface area contributed by atoms with Crippen LogP contribution in [0.5, 0.6) is 0 Å². The van der Waals surface area contributed by atoms with Gasteiger partial charge in [-0.15, -0.1) is 0 Å². The molecule has 0 aromatic heterocycles. The monoisotopic (exact) mass is 652 g/mol. The molecule has 11 nitrogen and oxygen atoms in total. The van der Waals surface area contributed by atoms with Crippen molar-refractivity contribution in [3.05, 3.63) is 94.5 Å². The maximum absolute atomic E-state index is 13.5. The van der Waals surface area contributed by atoms with Gasteiger partial charge in [-0.05, 0) is 80.5 Å². The van der Waals surface area contributed by atoms with Crippen LogP contribution in [0.3, 0.4) is 0 Å². The Morgan fingerprint density at radius 1 is 0.958 bits per heavy atom. The quantitative estimate of drug-likeness (QED) is 0.327. The first-order valence-corrected chi connectivity index (χ1v) is 16.6. The predicted octanol–water partition coefficient (Wildman–Crippen LogP) is 5.70. The number of likely N-dealkylation sites (tertiary alicyclic amines) is 1. The summed E-state index contributed by atoms with van der Waals surface area (Å²) in [7, 11) is 0. The first kappa shape index (κ1) is 32.9. The van der Waals surface area contributed by atoms with Gasteiger partial charge in [-0.25, -0.2) is 14.4 Å². The SMILES string of the molecule is Cc1cc2c(cc1N(Cc1ccccc1)C(=O)OC(C)(C)C)CNC(=O)C(NC(=O)N1CCC(N3Cc4ccccc4NC3=O)CC1)C2. The molecule has 6 rings (SSSR count). The predicted molar refractivity (Wildman–Crippen MR) is 184 cm³/mol. The van der Waals surface area contributed by atoms with Crippen molar-refractivity contribution in [1.29, 1.82) is 0 Å². The Kier molecular flexibility index (Phi) is 9.30. The molecule has 1 atom stereocenters. The molecule has 0 bridgehead atoms. The first-order chi connectivity index (χ1) is 22.9. The number of anilines is 2. The fraction of sp³-hybridized carbons (Fsp3) is 0.405. The van der Waals surface area contributed by atoms with Crippen LogP contribution in [-0.2, 0) is 35.6 Å². The zero-order chi connectivity index (χ0) is 34.0. The van der Waals surface area contributed by atoms with Gasteiger partial charge in [-0.2, -0.15) is 0 Å². The molecule has 0 saturated carbocycles. The van der Waals surface area contributed by atoms with Crippen LogP contribution in [0.4, 0.5) is 25.8 Å². The number of rotatable bonds is 5. The maximum atomic E-state index is 13.5. The van der Waals surface area contributed by atoms with Crippen molar-refractivity contribution in [1.82, 2.24) is 20.4 Å². The highest BCUT2D eigenvalue weighted by Crippen LogP contribution is 2.31. The molecule has 3 aromatic carbocycles. The number of nitrogens with zero attached hydrogens (tertiary/aromatic N) is 3. The lowest BCUT2D eigenvalue weighted by atomic mass is 9.97. The highest BCUT2D eigenvalue weighted by molar-refractivity contribution is 5.93. The molecule has 3 aromatic rings. The van der Waals surface area contributed by atoms with E-state index in [2.05, 4.69) is 16.0 Å². The minimum absolute atomic E-state index is 0.0229. The summed E-state index contributed by atoms with van der Waals surface area (Å²) in [5.74, 6) is -0.259. The minimum Gasteiger partial charge on any atom is -0.443 e. The highest BCUT2D eigenvalue weighted by atomic mass is 16.6. The number of urea groups is 2. The second-order valence-electron chi connectivity index (χ2n) is 13.8. The van der Waals surface area contributed by atoms with E-state index in [1.165, 1.54) is 0 Å². The lowest BCUT2D eigenvalue weighted by Crippen LogP contribution is -2.55. The lowest BCUT2D eigenvalue weighted by Gasteiger charge is -2.40. The third-order valence-electron chi connectivity index (χ3n) is 9.15. The van der Waals surface area contributed by atoms with E-state index in [-0.39, 0.29) is 30.6 Å². The van der Waals surface area contributed by atoms with E-state index < -0.39 is 17.7 Å². The van der Waals surface area contributed by atoms with Crippen LogP contribution >= 0.6 is 0 Å². The van der Waals surface area contributed by atoms with Gasteiger partial charge in [0, 0.05) is 44.3 Å². The van der Waals surface area contributed by atoms with E-state index >= 15 is 0 Å². The Bertz CT molecular complexity index is 1700. The second-order valence-corrected chi connectivity index (χ2v) is 13.8. The van der Waals surface area contributed by atoms with Crippen molar-refractivity contribution < 1.29 is 23.9 Å². The highest BCUT2D eigenvalue weighted by Gasteiger charge is 2.34. The van der Waals surface area contributed by atoms with E-state index in [1.54, 1.807) is 9.80 Å². The van der Waals surface area contributed by atoms with Crippen molar-refractivity contribution >= 4 is 35.4 Å². The summed E-state index contributed by atoms with van der Waals surface area (Å²) >= 11 is 0. The molecule has 3 aliphatic rings. The molecule has 0 spiro atoms. The van der Waals surface area contributed by atoms with Crippen LogP contribution in [-0.4, -0.2) is 64.6 Å². The van der Waals surface area contributed by atoms with Crippen molar-refractivity contribution in [2.45, 2.75) is 84.3 Å². The van der Waals surface area contributed by atoms with Crippen LogP contribution in [0.15, 0.2) is 66.7 Å². The average Bonchev–Trinajstić information content (AvgIpc) is 3.20. The topological polar surface area (TPSA) is 123 Å². The number of piperidine rings is 1. The number of carbonyl (C=O) groups excluding carboxylic acids is 4. The number of para-hydroxylation sites is 1. The lowest BCUT2D eigenvalue weighted by molar-refractivity contribution is -0.122. The van der Waals surface area contributed by atoms with E-state index in [0.717, 1.165) is 33.5 Å². The smallest absolute Gasteiger partial charge is 0.415 e. The molecule has 48 heavy (non-hydrogen) atoms. The number of carbonyl (C=O) groups is 4. The summed E-state index contributed by atoms with van der Waals surface area (Å²) < 4.78 is 5.79. The summed E-state index contributed by atoms with van der Waals surface area (Å²) in [5.41, 5.74) is 5.59. The molecule has 0 aliphatic carbocycles. The Morgan fingerprint density at radius 2 is 1.67 bits per heavy atom. The summed E-state index contributed by atoms with van der Waals surface area (Å²) in [6.45, 7) is 9.57. The van der Waals surface area contributed by atoms with Gasteiger partial charge in [0.2, 0.25) is 5.91 Å². The van der Waals surface area contributed by atoms with Gasteiger partial charge < -0.3 is 30.5 Å². The Hall–Kier alpha value is -5.06. The van der Waals surface area contributed by atoms with E-state index in [9.17, 15) is 19.2 Å². The third kappa shape index (κ3) is 7.40. The molecule has 0 radical (unpaired) electrons. The van der Waals surface area contributed by atoms with E-state index in [4.69, 9.17) is 4.74 Å². The second kappa shape index (κ2) is 13.6. The van der Waals surface area contributed by atoms with E-state index in [1.807, 2.05) is 99.3 Å². The standard InChI is InChI=1S/C37H44N6O5/c1-24-18-27-19-31(40-34(45)41-16-14-29(15-17-41)42-23-26-12-8-9-13-30(26)39-35(42)46)33(44)38-21-28(27)20-32(24)43(36(47)48-37(2,3)4)22-25-10-6-5-7-11-25/h5-13,18,20,29,31H,14-17,19,21-23H2,1-4H3,(H,38,44)(H,39,46)(H,40,45). The molecule has 3 aliphatic heterocycles. The molecule has 3 heterocycles. The van der Waals surface area contributed by atoms with Gasteiger partial charge in [0.25, 0.3) is 0 Å². The number of aryl methyl sites for hydroxylation is 1. The van der Waals surface area contributed by atoms with Crippen LogP contribution < -0.4 is 20.9 Å². The van der Waals surface area contributed by atoms with Crippen LogP contribution in [0, 0.1) is 6.92 Å². The Morgan fingerprint density at radius 3 is 2.40 bits per heavy atom. The normalized spacial score (nSPS) is 18.1. The number of benzene rings is 3. The molecule has 11 heteroatoms. The summed E-state index contributed by atoms with van der Waals surface area (Å²) in [6.07, 6.45) is 1.18.